The molecule has 2 fully saturated rings. The van der Waals surface area contributed by atoms with E-state index in [0.29, 0.717) is 30.8 Å². The summed E-state index contributed by atoms with van der Waals surface area (Å²) in [5, 5.41) is 3.08. The summed E-state index contributed by atoms with van der Waals surface area (Å²) in [6.45, 7) is 0.741. The lowest BCUT2D eigenvalue weighted by molar-refractivity contribution is -0.159. The highest BCUT2D eigenvalue weighted by atomic mass is 32.2. The maximum atomic E-state index is 12.5. The van der Waals surface area contributed by atoms with Crippen LogP contribution < -0.4 is 4.74 Å². The highest BCUT2D eigenvalue weighted by molar-refractivity contribution is 7.90. The Morgan fingerprint density at radius 3 is 2.44 bits per heavy atom. The SMILES string of the molecule is O=S(=O)(C1CC1)N1CCC(Oc2ccc(-c3noc(C(F)(F)F)n3)cc2)C1. The van der Waals surface area contributed by atoms with Gasteiger partial charge >= 0.3 is 12.1 Å². The number of hydrogen-bond donors (Lipinski definition) is 0. The molecule has 7 nitrogen and oxygen atoms in total. The van der Waals surface area contributed by atoms with Gasteiger partial charge in [-0.1, -0.05) is 5.16 Å². The van der Waals surface area contributed by atoms with Crippen LogP contribution in [0.15, 0.2) is 28.8 Å². The molecule has 0 radical (unpaired) electrons. The van der Waals surface area contributed by atoms with Gasteiger partial charge in [-0.2, -0.15) is 22.5 Å². The molecule has 1 aromatic carbocycles. The fraction of sp³-hybridized carbons (Fsp3) is 0.500. The Morgan fingerprint density at radius 1 is 1.15 bits per heavy atom. The predicted octanol–water partition coefficient (Wildman–Crippen LogP) is 2.70. The van der Waals surface area contributed by atoms with Crippen LogP contribution in [0, 0.1) is 0 Å². The molecular weight excluding hydrogens is 387 g/mol. The Morgan fingerprint density at radius 2 is 1.85 bits per heavy atom. The van der Waals surface area contributed by atoms with Gasteiger partial charge in [0.2, 0.25) is 15.8 Å². The van der Waals surface area contributed by atoms with Crippen LogP contribution in [0.1, 0.15) is 25.2 Å². The second kappa shape index (κ2) is 6.48. The molecule has 0 spiro atoms. The smallest absolute Gasteiger partial charge is 0.471 e. The van der Waals surface area contributed by atoms with Crippen molar-refractivity contribution in [2.45, 2.75) is 36.8 Å². The molecule has 1 saturated heterocycles. The summed E-state index contributed by atoms with van der Waals surface area (Å²) in [6, 6.07) is 6.20. The van der Waals surface area contributed by atoms with E-state index in [1.54, 1.807) is 12.1 Å². The summed E-state index contributed by atoms with van der Waals surface area (Å²) in [5.74, 6) is -1.08. The quantitative estimate of drug-likeness (QED) is 0.763. The largest absolute Gasteiger partial charge is 0.489 e. The Kier molecular flexibility index (Phi) is 4.38. The van der Waals surface area contributed by atoms with E-state index >= 15 is 0 Å². The molecule has 0 amide bonds. The van der Waals surface area contributed by atoms with Crippen LogP contribution in [0.3, 0.4) is 0 Å². The summed E-state index contributed by atoms with van der Waals surface area (Å²) in [6.07, 6.45) is -2.92. The molecule has 4 rings (SSSR count). The van der Waals surface area contributed by atoms with Gasteiger partial charge in [-0.25, -0.2) is 8.42 Å². The van der Waals surface area contributed by atoms with Crippen molar-refractivity contribution in [2.24, 2.45) is 0 Å². The monoisotopic (exact) mass is 403 g/mol. The number of ether oxygens (including phenoxy) is 1. The minimum absolute atomic E-state index is 0.170. The first-order valence-corrected chi connectivity index (χ1v) is 9.91. The van der Waals surface area contributed by atoms with Crippen molar-refractivity contribution >= 4 is 10.0 Å². The van der Waals surface area contributed by atoms with Gasteiger partial charge < -0.3 is 9.26 Å². The molecule has 0 bridgehead atoms. The molecule has 11 heteroatoms. The number of benzene rings is 1. The second-order valence-electron chi connectivity index (χ2n) is 6.58. The third kappa shape index (κ3) is 3.79. The average molecular weight is 403 g/mol. The molecule has 2 heterocycles. The maximum Gasteiger partial charge on any atom is 0.471 e. The number of alkyl halides is 3. The molecule has 1 aliphatic carbocycles. The average Bonchev–Trinajstić information content (AvgIpc) is 3.16. The van der Waals surface area contributed by atoms with Crippen LogP contribution in [-0.4, -0.2) is 47.3 Å². The minimum atomic E-state index is -4.69. The highest BCUT2D eigenvalue weighted by Crippen LogP contribution is 2.33. The van der Waals surface area contributed by atoms with Crippen molar-refractivity contribution in [3.05, 3.63) is 30.2 Å². The van der Waals surface area contributed by atoms with Crippen molar-refractivity contribution in [3.63, 3.8) is 0 Å². The summed E-state index contributed by atoms with van der Waals surface area (Å²) in [5.41, 5.74) is 0.353. The van der Waals surface area contributed by atoms with Gasteiger partial charge in [0, 0.05) is 12.1 Å². The van der Waals surface area contributed by atoms with E-state index in [4.69, 9.17) is 4.74 Å². The van der Waals surface area contributed by atoms with Crippen LogP contribution in [-0.2, 0) is 16.2 Å². The number of rotatable bonds is 5. The van der Waals surface area contributed by atoms with E-state index in [2.05, 4.69) is 14.7 Å². The lowest BCUT2D eigenvalue weighted by atomic mass is 10.2. The second-order valence-corrected chi connectivity index (χ2v) is 8.79. The first-order valence-electron chi connectivity index (χ1n) is 8.40. The first-order chi connectivity index (χ1) is 12.7. The van der Waals surface area contributed by atoms with Gasteiger partial charge in [-0.15, -0.1) is 0 Å². The summed E-state index contributed by atoms with van der Waals surface area (Å²) < 4.78 is 73.5. The van der Waals surface area contributed by atoms with E-state index in [0.717, 1.165) is 12.8 Å². The van der Waals surface area contributed by atoms with Crippen molar-refractivity contribution in [3.8, 4) is 17.1 Å². The van der Waals surface area contributed by atoms with Crippen molar-refractivity contribution in [1.82, 2.24) is 14.4 Å². The fourth-order valence-electron chi connectivity index (χ4n) is 2.93. The van der Waals surface area contributed by atoms with E-state index in [1.165, 1.54) is 16.4 Å². The zero-order valence-electron chi connectivity index (χ0n) is 14.0. The molecule has 2 aromatic rings. The number of aromatic nitrogens is 2. The molecule has 0 N–H and O–H groups in total. The topological polar surface area (TPSA) is 85.5 Å². The van der Waals surface area contributed by atoms with E-state index in [-0.39, 0.29) is 17.2 Å². The van der Waals surface area contributed by atoms with E-state index < -0.39 is 22.1 Å². The van der Waals surface area contributed by atoms with E-state index in [1.807, 2.05) is 0 Å². The zero-order chi connectivity index (χ0) is 19.2. The molecule has 1 saturated carbocycles. The molecule has 1 unspecified atom stereocenters. The van der Waals surface area contributed by atoms with Crippen LogP contribution in [0.2, 0.25) is 0 Å². The molecule has 1 atom stereocenters. The van der Waals surface area contributed by atoms with Crippen LogP contribution in [0.5, 0.6) is 5.75 Å². The van der Waals surface area contributed by atoms with Gasteiger partial charge in [0.25, 0.3) is 0 Å². The Labute approximate surface area is 153 Å². The number of halogens is 3. The number of nitrogens with zero attached hydrogens (tertiary/aromatic N) is 3. The summed E-state index contributed by atoms with van der Waals surface area (Å²) >= 11 is 0. The molecule has 27 heavy (non-hydrogen) atoms. The van der Waals surface area contributed by atoms with Gasteiger partial charge in [-0.05, 0) is 43.5 Å². The lowest BCUT2D eigenvalue weighted by Gasteiger charge is -2.17. The number of hydrogen-bond acceptors (Lipinski definition) is 6. The third-order valence-corrected chi connectivity index (χ3v) is 6.86. The van der Waals surface area contributed by atoms with Gasteiger partial charge in [0.05, 0.1) is 11.8 Å². The Balaban J connectivity index is 1.39. The van der Waals surface area contributed by atoms with Crippen molar-refractivity contribution in [1.29, 1.82) is 0 Å². The molecule has 1 aliphatic heterocycles. The molecule has 146 valence electrons. The van der Waals surface area contributed by atoms with Gasteiger partial charge in [-0.3, -0.25) is 0 Å². The lowest BCUT2D eigenvalue weighted by Crippen LogP contribution is -2.33. The zero-order valence-corrected chi connectivity index (χ0v) is 14.8. The predicted molar refractivity (Wildman–Crippen MR) is 87.3 cm³/mol. The number of sulfonamides is 1. The van der Waals surface area contributed by atoms with E-state index in [9.17, 15) is 21.6 Å². The van der Waals surface area contributed by atoms with Crippen LogP contribution in [0.4, 0.5) is 13.2 Å². The molecular formula is C16H16F3N3O4S. The van der Waals surface area contributed by atoms with Crippen LogP contribution in [0.25, 0.3) is 11.4 Å². The fourth-order valence-corrected chi connectivity index (χ4v) is 4.82. The standard InChI is InChI=1S/C16H16F3N3O4S/c17-16(18,19)15-20-14(21-26-15)10-1-3-11(4-2-10)25-12-7-8-22(9-12)27(23,24)13-5-6-13/h1-4,12-13H,5-9H2. The maximum absolute atomic E-state index is 12.5. The highest BCUT2D eigenvalue weighted by Gasteiger charge is 2.43. The van der Waals surface area contributed by atoms with Crippen molar-refractivity contribution in [2.75, 3.05) is 13.1 Å². The Hall–Kier alpha value is -2.14. The first kappa shape index (κ1) is 18.2. The summed E-state index contributed by atoms with van der Waals surface area (Å²) in [4.78, 5) is 3.33. The Bertz CT molecular complexity index is 923. The van der Waals surface area contributed by atoms with Gasteiger partial charge in [0.1, 0.15) is 11.9 Å². The normalized spacial score (nSPS) is 21.5. The van der Waals surface area contributed by atoms with Gasteiger partial charge in [0.15, 0.2) is 0 Å². The molecule has 2 aliphatic rings. The van der Waals surface area contributed by atoms with Crippen LogP contribution >= 0.6 is 0 Å². The molecule has 1 aromatic heterocycles. The minimum Gasteiger partial charge on any atom is -0.489 e. The van der Waals surface area contributed by atoms with Crippen molar-refractivity contribution < 1.29 is 30.8 Å². The third-order valence-electron chi connectivity index (χ3n) is 4.50. The summed E-state index contributed by atoms with van der Waals surface area (Å²) in [7, 11) is -3.21.